The van der Waals surface area contributed by atoms with E-state index in [1.807, 2.05) is 6.92 Å². The number of halogens is 2. The topological polar surface area (TPSA) is 87.9 Å². The summed E-state index contributed by atoms with van der Waals surface area (Å²) in [7, 11) is 0. The summed E-state index contributed by atoms with van der Waals surface area (Å²) in [5, 5.41) is 4.56. The summed E-state index contributed by atoms with van der Waals surface area (Å²) in [5.41, 5.74) is 0.946. The number of nitrogens with one attached hydrogen (secondary N) is 1. The van der Waals surface area contributed by atoms with Gasteiger partial charge in [-0.15, -0.1) is 0 Å². The summed E-state index contributed by atoms with van der Waals surface area (Å²) < 4.78 is 18.8. The SMILES string of the molecule is C[C@@H]1CC[C@H](c2nc(-c3cc(Cl)c[nH]3)no2)CN1C(=O)c1ccnc(F)c1. The Kier molecular flexibility index (Phi) is 4.65. The van der Waals surface area contributed by atoms with E-state index in [0.717, 1.165) is 18.9 Å². The number of likely N-dealkylation sites (tertiary alicyclic amines) is 1. The summed E-state index contributed by atoms with van der Waals surface area (Å²) in [4.78, 5) is 25.5. The maximum absolute atomic E-state index is 13.4. The first-order chi connectivity index (χ1) is 13.0. The van der Waals surface area contributed by atoms with E-state index in [4.69, 9.17) is 16.1 Å². The van der Waals surface area contributed by atoms with Crippen molar-refractivity contribution in [2.24, 2.45) is 0 Å². The van der Waals surface area contributed by atoms with E-state index in [1.54, 1.807) is 17.2 Å². The molecule has 0 radical (unpaired) electrons. The second-order valence-electron chi connectivity index (χ2n) is 6.64. The van der Waals surface area contributed by atoms with Gasteiger partial charge in [0.15, 0.2) is 0 Å². The lowest BCUT2D eigenvalue weighted by Gasteiger charge is -2.36. The number of hydrogen-bond acceptors (Lipinski definition) is 5. The molecule has 7 nitrogen and oxygen atoms in total. The molecule has 2 atom stereocenters. The second kappa shape index (κ2) is 7.11. The fourth-order valence-corrected chi connectivity index (χ4v) is 3.46. The van der Waals surface area contributed by atoms with Gasteiger partial charge in [-0.05, 0) is 31.9 Å². The molecule has 1 saturated heterocycles. The van der Waals surface area contributed by atoms with Crippen LogP contribution in [-0.4, -0.2) is 43.5 Å². The maximum Gasteiger partial charge on any atom is 0.254 e. The first-order valence-corrected chi connectivity index (χ1v) is 8.99. The number of hydrogen-bond donors (Lipinski definition) is 1. The number of carbonyl (C=O) groups is 1. The van der Waals surface area contributed by atoms with Gasteiger partial charge in [0, 0.05) is 36.6 Å². The van der Waals surface area contributed by atoms with Gasteiger partial charge in [0.1, 0.15) is 0 Å². The van der Waals surface area contributed by atoms with Gasteiger partial charge in [-0.25, -0.2) is 4.98 Å². The van der Waals surface area contributed by atoms with Gasteiger partial charge in [-0.1, -0.05) is 16.8 Å². The fraction of sp³-hybridized carbons (Fsp3) is 0.333. The molecule has 0 aliphatic carbocycles. The highest BCUT2D eigenvalue weighted by Gasteiger charge is 2.33. The third-order valence-electron chi connectivity index (χ3n) is 4.80. The summed E-state index contributed by atoms with van der Waals surface area (Å²) in [6, 6.07) is 4.42. The molecular weight excluding hydrogens is 373 g/mol. The fourth-order valence-electron chi connectivity index (χ4n) is 3.30. The van der Waals surface area contributed by atoms with Crippen LogP contribution in [0, 0.1) is 5.95 Å². The quantitative estimate of drug-likeness (QED) is 0.690. The molecule has 0 saturated carbocycles. The van der Waals surface area contributed by atoms with Crippen LogP contribution in [0.15, 0.2) is 35.1 Å². The van der Waals surface area contributed by atoms with Crippen LogP contribution in [0.1, 0.15) is 41.9 Å². The molecule has 1 fully saturated rings. The van der Waals surface area contributed by atoms with Crippen molar-refractivity contribution in [2.45, 2.75) is 31.7 Å². The first kappa shape index (κ1) is 17.7. The summed E-state index contributed by atoms with van der Waals surface area (Å²) in [6.07, 6.45) is 4.54. The smallest absolute Gasteiger partial charge is 0.254 e. The normalized spacial score (nSPS) is 20.0. The molecular formula is C18H17ClFN5O2. The van der Waals surface area contributed by atoms with Crippen LogP contribution in [0.5, 0.6) is 0 Å². The molecule has 1 aliphatic rings. The standard InChI is InChI=1S/C18H17ClFN5O2/c1-10-2-3-12(9-25(10)18(26)11-4-5-21-15(20)6-11)17-23-16(24-27-17)14-7-13(19)8-22-14/h4-8,10,12,22H,2-3,9H2,1H3/t10-,12+/m1/s1. The third-order valence-corrected chi connectivity index (χ3v) is 5.01. The summed E-state index contributed by atoms with van der Waals surface area (Å²) >= 11 is 5.91. The molecule has 1 aliphatic heterocycles. The van der Waals surface area contributed by atoms with E-state index in [1.165, 1.54) is 12.3 Å². The van der Waals surface area contributed by atoms with Crippen molar-refractivity contribution in [3.63, 3.8) is 0 Å². The van der Waals surface area contributed by atoms with Crippen LogP contribution in [0.3, 0.4) is 0 Å². The molecule has 27 heavy (non-hydrogen) atoms. The minimum atomic E-state index is -0.673. The number of aromatic amines is 1. The third kappa shape index (κ3) is 3.57. The molecule has 0 aromatic carbocycles. The number of H-pyrrole nitrogens is 1. The molecule has 1 amide bonds. The van der Waals surface area contributed by atoms with E-state index in [9.17, 15) is 9.18 Å². The molecule has 4 heterocycles. The Morgan fingerprint density at radius 3 is 3.00 bits per heavy atom. The Hall–Kier alpha value is -2.74. The van der Waals surface area contributed by atoms with Crippen LogP contribution in [-0.2, 0) is 0 Å². The van der Waals surface area contributed by atoms with E-state index < -0.39 is 5.95 Å². The van der Waals surface area contributed by atoms with E-state index in [2.05, 4.69) is 20.1 Å². The molecule has 0 bridgehead atoms. The zero-order chi connectivity index (χ0) is 19.0. The minimum Gasteiger partial charge on any atom is -0.357 e. The summed E-state index contributed by atoms with van der Waals surface area (Å²) in [6.45, 7) is 2.41. The average Bonchev–Trinajstić information content (AvgIpc) is 3.30. The number of amides is 1. The predicted molar refractivity (Wildman–Crippen MR) is 95.8 cm³/mol. The lowest BCUT2D eigenvalue weighted by molar-refractivity contribution is 0.0592. The first-order valence-electron chi connectivity index (χ1n) is 8.61. The van der Waals surface area contributed by atoms with E-state index >= 15 is 0 Å². The molecule has 0 unspecified atom stereocenters. The van der Waals surface area contributed by atoms with Gasteiger partial charge in [0.25, 0.3) is 5.91 Å². The van der Waals surface area contributed by atoms with Crippen LogP contribution < -0.4 is 0 Å². The molecule has 1 N–H and O–H groups in total. The average molecular weight is 390 g/mol. The zero-order valence-corrected chi connectivity index (χ0v) is 15.3. The van der Waals surface area contributed by atoms with Gasteiger partial charge in [0.05, 0.1) is 16.6 Å². The Morgan fingerprint density at radius 1 is 1.41 bits per heavy atom. The van der Waals surface area contributed by atoms with Crippen molar-refractivity contribution in [1.82, 2.24) is 25.0 Å². The molecule has 140 valence electrons. The van der Waals surface area contributed by atoms with E-state index in [-0.39, 0.29) is 23.4 Å². The Morgan fingerprint density at radius 2 is 2.26 bits per heavy atom. The number of nitrogens with zero attached hydrogens (tertiary/aromatic N) is 4. The predicted octanol–water partition coefficient (Wildman–Crippen LogP) is 3.66. The van der Waals surface area contributed by atoms with Crippen molar-refractivity contribution >= 4 is 17.5 Å². The van der Waals surface area contributed by atoms with Gasteiger partial charge >= 0.3 is 0 Å². The van der Waals surface area contributed by atoms with Crippen LogP contribution >= 0.6 is 11.6 Å². The minimum absolute atomic E-state index is 0.0367. The molecule has 4 rings (SSSR count). The highest BCUT2D eigenvalue weighted by molar-refractivity contribution is 6.30. The van der Waals surface area contributed by atoms with Crippen molar-refractivity contribution in [3.05, 3.63) is 53.0 Å². The van der Waals surface area contributed by atoms with Crippen molar-refractivity contribution in [2.75, 3.05) is 6.54 Å². The summed E-state index contributed by atoms with van der Waals surface area (Å²) in [5.74, 6) is -0.0907. The number of piperidine rings is 1. The van der Waals surface area contributed by atoms with Crippen molar-refractivity contribution in [3.8, 4) is 11.5 Å². The molecule has 3 aromatic rings. The highest BCUT2D eigenvalue weighted by Crippen LogP contribution is 2.31. The van der Waals surface area contributed by atoms with Gasteiger partial charge in [0.2, 0.25) is 17.7 Å². The Bertz CT molecular complexity index is 972. The number of rotatable bonds is 3. The van der Waals surface area contributed by atoms with Crippen molar-refractivity contribution in [1.29, 1.82) is 0 Å². The molecule has 3 aromatic heterocycles. The number of aromatic nitrogens is 4. The highest BCUT2D eigenvalue weighted by atomic mass is 35.5. The van der Waals surface area contributed by atoms with Crippen LogP contribution in [0.4, 0.5) is 4.39 Å². The second-order valence-corrected chi connectivity index (χ2v) is 7.07. The van der Waals surface area contributed by atoms with Crippen LogP contribution in [0.2, 0.25) is 5.02 Å². The van der Waals surface area contributed by atoms with Crippen molar-refractivity contribution < 1.29 is 13.7 Å². The van der Waals surface area contributed by atoms with Gasteiger partial charge in [-0.2, -0.15) is 9.37 Å². The molecule has 9 heteroatoms. The number of pyridine rings is 1. The zero-order valence-electron chi connectivity index (χ0n) is 14.5. The van der Waals surface area contributed by atoms with E-state index in [0.29, 0.717) is 29.0 Å². The Balaban J connectivity index is 1.54. The lowest BCUT2D eigenvalue weighted by Crippen LogP contribution is -2.45. The Labute approximate surface area is 159 Å². The van der Waals surface area contributed by atoms with Crippen LogP contribution in [0.25, 0.3) is 11.5 Å². The number of carbonyl (C=O) groups excluding carboxylic acids is 1. The molecule has 0 spiro atoms. The lowest BCUT2D eigenvalue weighted by atomic mass is 9.92. The van der Waals surface area contributed by atoms with Gasteiger partial charge < -0.3 is 14.4 Å². The van der Waals surface area contributed by atoms with Gasteiger partial charge in [-0.3, -0.25) is 4.79 Å². The largest absolute Gasteiger partial charge is 0.357 e. The maximum atomic E-state index is 13.4. The monoisotopic (exact) mass is 389 g/mol.